The van der Waals surface area contributed by atoms with Crippen LogP contribution < -0.4 is 9.47 Å². The summed E-state index contributed by atoms with van der Waals surface area (Å²) >= 11 is 0. The predicted molar refractivity (Wildman–Crippen MR) is 92.6 cm³/mol. The van der Waals surface area contributed by atoms with Crippen molar-refractivity contribution < 1.29 is 24.8 Å². The molecule has 2 aromatic carbocycles. The number of ether oxygens (including phenoxy) is 2. The van der Waals surface area contributed by atoms with Crippen LogP contribution in [-0.2, 0) is 6.42 Å². The summed E-state index contributed by atoms with van der Waals surface area (Å²) in [5, 5.41) is 28.8. The third kappa shape index (κ3) is 4.43. The predicted octanol–water partition coefficient (Wildman–Crippen LogP) is 2.98. The van der Waals surface area contributed by atoms with E-state index in [0.717, 1.165) is 11.1 Å². The lowest BCUT2D eigenvalue weighted by atomic mass is 9.98. The number of aromatic hydroxyl groups is 2. The van der Waals surface area contributed by atoms with Crippen LogP contribution >= 0.6 is 0 Å². The lowest BCUT2D eigenvalue weighted by Crippen LogP contribution is -2.06. The van der Waals surface area contributed by atoms with E-state index in [1.54, 1.807) is 36.4 Å². The fourth-order valence-electron chi connectivity index (χ4n) is 2.39. The molecule has 0 spiro atoms. The number of benzene rings is 2. The van der Waals surface area contributed by atoms with Crippen molar-refractivity contribution in [2.75, 3.05) is 20.8 Å². The van der Waals surface area contributed by atoms with Gasteiger partial charge in [-0.1, -0.05) is 24.3 Å². The minimum absolute atomic E-state index is 0.00505. The minimum atomic E-state index is -0.0842. The van der Waals surface area contributed by atoms with Crippen molar-refractivity contribution >= 4 is 6.08 Å². The normalized spacial score (nSPS) is 12.3. The van der Waals surface area contributed by atoms with Gasteiger partial charge < -0.3 is 24.8 Å². The molecule has 0 radical (unpaired) electrons. The van der Waals surface area contributed by atoms with Gasteiger partial charge in [0.2, 0.25) is 0 Å². The van der Waals surface area contributed by atoms with E-state index in [0.29, 0.717) is 17.9 Å². The highest BCUT2D eigenvalue weighted by molar-refractivity contribution is 5.55. The SMILES string of the molecule is COc1cc(C=CC(CO)Cc2ccc(O)c(OC)c2)ccc1O. The molecule has 0 aliphatic carbocycles. The Labute approximate surface area is 141 Å². The summed E-state index contributed by atoms with van der Waals surface area (Å²) in [4.78, 5) is 0. The molecule has 0 aliphatic heterocycles. The molecule has 0 saturated carbocycles. The van der Waals surface area contributed by atoms with Crippen LogP contribution in [0.3, 0.4) is 0 Å². The Bertz CT molecular complexity index is 709. The lowest BCUT2D eigenvalue weighted by Gasteiger charge is -2.11. The number of aliphatic hydroxyl groups excluding tert-OH is 1. The van der Waals surface area contributed by atoms with Gasteiger partial charge in [0.15, 0.2) is 23.0 Å². The zero-order valence-corrected chi connectivity index (χ0v) is 13.8. The summed E-state index contributed by atoms with van der Waals surface area (Å²) in [7, 11) is 3.00. The van der Waals surface area contributed by atoms with E-state index in [9.17, 15) is 15.3 Å². The van der Waals surface area contributed by atoms with Gasteiger partial charge in [0.1, 0.15) is 0 Å². The van der Waals surface area contributed by atoms with Crippen LogP contribution in [0.5, 0.6) is 23.0 Å². The Balaban J connectivity index is 2.11. The number of phenols is 2. The van der Waals surface area contributed by atoms with Crippen LogP contribution in [0, 0.1) is 5.92 Å². The summed E-state index contributed by atoms with van der Waals surface area (Å²) in [6.45, 7) is -0.00505. The third-order valence-electron chi connectivity index (χ3n) is 3.74. The highest BCUT2D eigenvalue weighted by Crippen LogP contribution is 2.28. The fraction of sp³-hybridized carbons (Fsp3) is 0.263. The summed E-state index contributed by atoms with van der Waals surface area (Å²) in [5.41, 5.74) is 1.82. The molecule has 0 heterocycles. The summed E-state index contributed by atoms with van der Waals surface area (Å²) in [5.74, 6) is 0.912. The van der Waals surface area contributed by atoms with Gasteiger partial charge >= 0.3 is 0 Å². The molecule has 0 bridgehead atoms. The van der Waals surface area contributed by atoms with E-state index in [-0.39, 0.29) is 24.0 Å². The Hall–Kier alpha value is -2.66. The second-order valence-electron chi connectivity index (χ2n) is 5.44. The monoisotopic (exact) mass is 330 g/mol. The quantitative estimate of drug-likeness (QED) is 0.727. The molecule has 1 atom stereocenters. The molecule has 2 aromatic rings. The molecular formula is C19H22O5. The number of methoxy groups -OCH3 is 2. The number of hydrogen-bond donors (Lipinski definition) is 3. The molecule has 0 amide bonds. The first-order valence-corrected chi connectivity index (χ1v) is 7.59. The number of hydrogen-bond acceptors (Lipinski definition) is 5. The molecule has 0 saturated heterocycles. The Morgan fingerprint density at radius 3 is 2.21 bits per heavy atom. The van der Waals surface area contributed by atoms with Gasteiger partial charge in [-0.05, 0) is 41.8 Å². The zero-order valence-electron chi connectivity index (χ0n) is 13.8. The van der Waals surface area contributed by atoms with Gasteiger partial charge in [-0.3, -0.25) is 0 Å². The van der Waals surface area contributed by atoms with Gasteiger partial charge in [-0.25, -0.2) is 0 Å². The number of phenolic OH excluding ortho intramolecular Hbond substituents is 2. The molecule has 2 rings (SSSR count). The van der Waals surface area contributed by atoms with Crippen molar-refractivity contribution in [1.82, 2.24) is 0 Å². The molecule has 0 fully saturated rings. The molecule has 1 unspecified atom stereocenters. The van der Waals surface area contributed by atoms with Crippen LogP contribution in [0.15, 0.2) is 42.5 Å². The first kappa shape index (κ1) is 17.7. The van der Waals surface area contributed by atoms with Crippen LogP contribution in [0.1, 0.15) is 11.1 Å². The molecule has 5 heteroatoms. The summed E-state index contributed by atoms with van der Waals surface area (Å²) in [6.07, 6.45) is 4.39. The maximum absolute atomic E-state index is 9.63. The highest BCUT2D eigenvalue weighted by atomic mass is 16.5. The molecular weight excluding hydrogens is 308 g/mol. The topological polar surface area (TPSA) is 79.2 Å². The second-order valence-corrected chi connectivity index (χ2v) is 5.44. The first-order valence-electron chi connectivity index (χ1n) is 7.59. The van der Waals surface area contributed by atoms with E-state index in [1.807, 2.05) is 12.2 Å². The molecule has 5 nitrogen and oxygen atoms in total. The van der Waals surface area contributed by atoms with E-state index in [2.05, 4.69) is 0 Å². The van der Waals surface area contributed by atoms with Gasteiger partial charge in [-0.2, -0.15) is 0 Å². The maximum atomic E-state index is 9.63. The van der Waals surface area contributed by atoms with Crippen LogP contribution in [0.4, 0.5) is 0 Å². The standard InChI is InChI=1S/C19H22O5/c1-23-18-10-13(5-7-16(18)21)3-4-15(12-20)9-14-6-8-17(22)19(11-14)24-2/h3-8,10-11,15,20-22H,9,12H2,1-2H3. The third-order valence-corrected chi connectivity index (χ3v) is 3.74. The Morgan fingerprint density at radius 1 is 0.958 bits per heavy atom. The van der Waals surface area contributed by atoms with E-state index >= 15 is 0 Å². The van der Waals surface area contributed by atoms with Crippen molar-refractivity contribution in [3.63, 3.8) is 0 Å². The average Bonchev–Trinajstić information content (AvgIpc) is 2.61. The smallest absolute Gasteiger partial charge is 0.161 e. The summed E-state index contributed by atoms with van der Waals surface area (Å²) < 4.78 is 10.2. The van der Waals surface area contributed by atoms with Crippen molar-refractivity contribution in [2.24, 2.45) is 5.92 Å². The van der Waals surface area contributed by atoms with Crippen molar-refractivity contribution in [3.8, 4) is 23.0 Å². The fourth-order valence-corrected chi connectivity index (χ4v) is 2.39. The van der Waals surface area contributed by atoms with Crippen LogP contribution in [0.25, 0.3) is 6.08 Å². The second kappa shape index (κ2) is 8.26. The van der Waals surface area contributed by atoms with Crippen LogP contribution in [-0.4, -0.2) is 36.1 Å². The summed E-state index contributed by atoms with van der Waals surface area (Å²) in [6, 6.07) is 10.2. The van der Waals surface area contributed by atoms with E-state index < -0.39 is 0 Å². The average molecular weight is 330 g/mol. The molecule has 24 heavy (non-hydrogen) atoms. The van der Waals surface area contributed by atoms with Gasteiger partial charge in [0, 0.05) is 12.5 Å². The van der Waals surface area contributed by atoms with Crippen molar-refractivity contribution in [3.05, 3.63) is 53.6 Å². The van der Waals surface area contributed by atoms with E-state index in [1.165, 1.54) is 14.2 Å². The Morgan fingerprint density at radius 2 is 1.58 bits per heavy atom. The largest absolute Gasteiger partial charge is 0.504 e. The van der Waals surface area contributed by atoms with Gasteiger partial charge in [-0.15, -0.1) is 0 Å². The molecule has 128 valence electrons. The number of rotatable bonds is 7. The van der Waals surface area contributed by atoms with Crippen LogP contribution in [0.2, 0.25) is 0 Å². The molecule has 3 N–H and O–H groups in total. The minimum Gasteiger partial charge on any atom is -0.504 e. The van der Waals surface area contributed by atoms with E-state index in [4.69, 9.17) is 9.47 Å². The zero-order chi connectivity index (χ0) is 17.5. The van der Waals surface area contributed by atoms with Gasteiger partial charge in [0.05, 0.1) is 14.2 Å². The maximum Gasteiger partial charge on any atom is 0.161 e. The highest BCUT2D eigenvalue weighted by Gasteiger charge is 2.09. The van der Waals surface area contributed by atoms with Gasteiger partial charge in [0.25, 0.3) is 0 Å². The number of aliphatic hydroxyl groups is 1. The molecule has 0 aliphatic rings. The first-order chi connectivity index (χ1) is 11.6. The van der Waals surface area contributed by atoms with Crippen molar-refractivity contribution in [2.45, 2.75) is 6.42 Å². The van der Waals surface area contributed by atoms with Crippen molar-refractivity contribution in [1.29, 1.82) is 0 Å². The Kier molecular flexibility index (Phi) is 6.09. The lowest BCUT2D eigenvalue weighted by molar-refractivity contribution is 0.252. The molecule has 0 aromatic heterocycles.